The second kappa shape index (κ2) is 8.38. The van der Waals surface area contributed by atoms with Crippen molar-refractivity contribution in [2.45, 2.75) is 37.3 Å². The predicted molar refractivity (Wildman–Crippen MR) is 106 cm³/mol. The third-order valence-electron chi connectivity index (χ3n) is 5.60. The highest BCUT2D eigenvalue weighted by atomic mass is 19.3. The van der Waals surface area contributed by atoms with Crippen molar-refractivity contribution >= 4 is 35.8 Å². The molecule has 7 nitrogen and oxygen atoms in total. The summed E-state index contributed by atoms with van der Waals surface area (Å²) in [7, 11) is 3.04. The Morgan fingerprint density at radius 3 is 2.87 bits per heavy atom. The summed E-state index contributed by atoms with van der Waals surface area (Å²) in [5.74, 6) is -3.59. The molecule has 1 N–H and O–H groups in total. The largest absolute Gasteiger partial charge is 0.359 e. The summed E-state index contributed by atoms with van der Waals surface area (Å²) >= 11 is 0. The number of aryl methyl sites for hydroxylation is 1. The number of hydrogen-bond donors (Lipinski definition) is 1. The number of nitriles is 1. The van der Waals surface area contributed by atoms with Crippen LogP contribution in [0.2, 0.25) is 12.6 Å². The minimum atomic E-state index is -3.20. The van der Waals surface area contributed by atoms with Crippen molar-refractivity contribution in [3.63, 3.8) is 0 Å². The van der Waals surface area contributed by atoms with Crippen LogP contribution in [-0.2, 0) is 16.6 Å². The van der Waals surface area contributed by atoms with Crippen LogP contribution in [0.3, 0.4) is 0 Å². The van der Waals surface area contributed by atoms with Gasteiger partial charge in [-0.2, -0.15) is 5.10 Å². The molecule has 1 atom stereocenters. The molecule has 1 aromatic carbocycles. The lowest BCUT2D eigenvalue weighted by molar-refractivity contribution is -0.120. The number of alkyl halides is 2. The number of hydrogen-bond acceptors (Lipinski definition) is 4. The average molecular weight is 419 g/mol. The van der Waals surface area contributed by atoms with Crippen LogP contribution in [0.15, 0.2) is 12.1 Å². The highest BCUT2D eigenvalue weighted by molar-refractivity contribution is 6.67. The van der Waals surface area contributed by atoms with Crippen molar-refractivity contribution < 1.29 is 22.8 Å². The molecule has 2 heterocycles. The molecule has 11 heteroatoms. The van der Waals surface area contributed by atoms with Crippen LogP contribution in [0.25, 0.3) is 10.9 Å². The van der Waals surface area contributed by atoms with Crippen molar-refractivity contribution in [3.05, 3.63) is 23.5 Å². The number of amides is 2. The number of nitrogens with zero attached hydrogens (tertiary/aromatic N) is 4. The van der Waals surface area contributed by atoms with Gasteiger partial charge in [-0.3, -0.25) is 19.2 Å². The molecule has 1 aliphatic heterocycles. The van der Waals surface area contributed by atoms with E-state index in [1.807, 2.05) is 5.97 Å². The molecule has 0 radical (unpaired) electrons. The monoisotopic (exact) mass is 419 g/mol. The number of fused-ring (bicyclic) bond motifs is 1. The molecule has 0 spiro atoms. The first kappa shape index (κ1) is 21.7. The number of nitrogens with one attached hydrogen (secondary N) is 1. The van der Waals surface area contributed by atoms with Crippen LogP contribution in [0, 0.1) is 17.0 Å². The van der Waals surface area contributed by atoms with Crippen molar-refractivity contribution in [1.29, 1.82) is 5.26 Å². The number of halogens is 3. The van der Waals surface area contributed by atoms with Crippen LogP contribution in [0.1, 0.15) is 24.3 Å². The number of carbonyl (C=O) groups is 2. The zero-order valence-electron chi connectivity index (χ0n) is 16.7. The molecule has 0 bridgehead atoms. The molecular formula is C19H21BF3N5O2. The van der Waals surface area contributed by atoms with Gasteiger partial charge in [0.15, 0.2) is 5.82 Å². The third kappa shape index (κ3) is 3.99. The fraction of sp³-hybridized carbons (Fsp3) is 0.474. The first-order chi connectivity index (χ1) is 14.2. The third-order valence-corrected chi connectivity index (χ3v) is 5.60. The Morgan fingerprint density at radius 2 is 2.27 bits per heavy atom. The van der Waals surface area contributed by atoms with Gasteiger partial charge in [-0.15, -0.1) is 0 Å². The summed E-state index contributed by atoms with van der Waals surface area (Å²) in [4.78, 5) is 24.2. The Balaban J connectivity index is 1.99. The summed E-state index contributed by atoms with van der Waals surface area (Å²) in [6.07, 6.45) is 0.213. The van der Waals surface area contributed by atoms with E-state index in [1.165, 1.54) is 22.7 Å². The van der Waals surface area contributed by atoms with Gasteiger partial charge in [-0.25, -0.2) is 18.4 Å². The Morgan fingerprint density at radius 1 is 1.53 bits per heavy atom. The summed E-state index contributed by atoms with van der Waals surface area (Å²) in [5, 5.41) is 15.9. The summed E-state index contributed by atoms with van der Waals surface area (Å²) in [6, 6.07) is 2.45. The maximum atomic E-state index is 14.9. The van der Waals surface area contributed by atoms with Crippen LogP contribution in [0.5, 0.6) is 0 Å². The minimum absolute atomic E-state index is 0.00491. The van der Waals surface area contributed by atoms with Crippen molar-refractivity contribution in [1.82, 2.24) is 15.1 Å². The Kier molecular flexibility index (Phi) is 6.05. The standard InChI is InChI=1S/C19H21BF3N5O2/c1-25-17(30)4-6-28(11-29)18-13-7-15(21)12(8-16(13)27(2)26-18)14-3-5-20(10-24)9-19(14,22)23/h7-8,11,14H,3-6,9H2,1-2H3,(H,25,30). The van der Waals surface area contributed by atoms with Crippen molar-refractivity contribution in [2.75, 3.05) is 18.5 Å². The zero-order chi connectivity index (χ0) is 22.1. The Bertz CT molecular complexity index is 1020. The lowest BCUT2D eigenvalue weighted by Crippen LogP contribution is -2.37. The van der Waals surface area contributed by atoms with E-state index < -0.39 is 30.7 Å². The fourth-order valence-corrected chi connectivity index (χ4v) is 3.95. The number of anilines is 1. The summed E-state index contributed by atoms with van der Waals surface area (Å²) in [6.45, 7) is -0.706. The van der Waals surface area contributed by atoms with Gasteiger partial charge in [0, 0.05) is 50.7 Å². The van der Waals surface area contributed by atoms with E-state index in [4.69, 9.17) is 5.26 Å². The van der Waals surface area contributed by atoms with Gasteiger partial charge in [0.2, 0.25) is 18.2 Å². The van der Waals surface area contributed by atoms with Crippen molar-refractivity contribution in [3.8, 4) is 5.97 Å². The van der Waals surface area contributed by atoms with Gasteiger partial charge in [0.25, 0.3) is 6.71 Å². The second-order valence-corrected chi connectivity index (χ2v) is 7.48. The number of benzene rings is 1. The van der Waals surface area contributed by atoms with Crippen LogP contribution in [0.4, 0.5) is 19.0 Å². The first-order valence-electron chi connectivity index (χ1n) is 9.58. The molecular weight excluding hydrogens is 398 g/mol. The first-order valence-corrected chi connectivity index (χ1v) is 9.58. The summed E-state index contributed by atoms with van der Waals surface area (Å²) < 4.78 is 45.6. The van der Waals surface area contributed by atoms with E-state index >= 15 is 0 Å². The number of aromatic nitrogens is 2. The Labute approximate surface area is 171 Å². The second-order valence-electron chi connectivity index (χ2n) is 7.48. The van der Waals surface area contributed by atoms with E-state index in [2.05, 4.69) is 10.4 Å². The van der Waals surface area contributed by atoms with Crippen LogP contribution in [-0.4, -0.2) is 48.3 Å². The van der Waals surface area contributed by atoms with E-state index in [9.17, 15) is 22.8 Å². The van der Waals surface area contributed by atoms with Crippen LogP contribution >= 0.6 is 0 Å². The molecule has 3 rings (SSSR count). The molecule has 1 aromatic heterocycles. The van der Waals surface area contributed by atoms with Crippen molar-refractivity contribution in [2.24, 2.45) is 7.05 Å². The molecule has 2 amide bonds. The predicted octanol–water partition coefficient (Wildman–Crippen LogP) is 2.49. The van der Waals surface area contributed by atoms with Gasteiger partial charge in [-0.05, 0) is 24.1 Å². The van der Waals surface area contributed by atoms with Gasteiger partial charge in [0.1, 0.15) is 5.82 Å². The maximum Gasteiger partial charge on any atom is 0.273 e. The molecule has 1 saturated heterocycles. The normalized spacial score (nSPS) is 18.1. The molecule has 30 heavy (non-hydrogen) atoms. The van der Waals surface area contributed by atoms with E-state index in [0.717, 1.165) is 6.07 Å². The van der Waals surface area contributed by atoms with E-state index in [0.29, 0.717) is 11.9 Å². The van der Waals surface area contributed by atoms with Gasteiger partial charge >= 0.3 is 0 Å². The minimum Gasteiger partial charge on any atom is -0.359 e. The number of rotatable bonds is 6. The SMILES string of the molecule is CNC(=O)CCN(C=O)c1nn(C)c2cc(C3CCB(C#N)CC3(F)F)c(F)cc12. The topological polar surface area (TPSA) is 91.0 Å². The lowest BCUT2D eigenvalue weighted by Gasteiger charge is -2.33. The smallest absolute Gasteiger partial charge is 0.273 e. The Hall–Kier alpha value is -3.03. The molecule has 2 aromatic rings. The van der Waals surface area contributed by atoms with E-state index in [-0.39, 0.29) is 48.4 Å². The lowest BCUT2D eigenvalue weighted by atomic mass is 9.40. The van der Waals surface area contributed by atoms with Gasteiger partial charge < -0.3 is 5.32 Å². The highest BCUT2D eigenvalue weighted by Gasteiger charge is 2.48. The molecule has 1 unspecified atom stereocenters. The van der Waals surface area contributed by atoms with Gasteiger partial charge in [-0.1, -0.05) is 6.32 Å². The molecule has 1 aliphatic rings. The molecule has 158 valence electrons. The molecule has 1 fully saturated rings. The van der Waals surface area contributed by atoms with Gasteiger partial charge in [0.05, 0.1) is 5.52 Å². The molecule has 0 saturated carbocycles. The van der Waals surface area contributed by atoms with Crippen LogP contribution < -0.4 is 10.2 Å². The highest BCUT2D eigenvalue weighted by Crippen LogP contribution is 2.47. The molecule has 0 aliphatic carbocycles. The maximum absolute atomic E-state index is 14.9. The average Bonchev–Trinajstić information content (AvgIpc) is 3.02. The quantitative estimate of drug-likeness (QED) is 0.576. The zero-order valence-corrected chi connectivity index (χ0v) is 16.7. The number of carbonyl (C=O) groups excluding carboxylic acids is 2. The fourth-order valence-electron chi connectivity index (χ4n) is 3.95. The summed E-state index contributed by atoms with van der Waals surface area (Å²) in [5.41, 5.74) is 0.271. The van der Waals surface area contributed by atoms with E-state index in [1.54, 1.807) is 7.05 Å².